The second kappa shape index (κ2) is 9.75. The summed E-state index contributed by atoms with van der Waals surface area (Å²) >= 11 is 0. The molecular formula is C26H28N6O2. The Morgan fingerprint density at radius 1 is 1.09 bits per heavy atom. The van der Waals surface area contributed by atoms with Crippen molar-refractivity contribution in [3.8, 4) is 11.8 Å². The van der Waals surface area contributed by atoms with E-state index in [4.69, 9.17) is 4.74 Å². The lowest BCUT2D eigenvalue weighted by atomic mass is 10.1. The first-order chi connectivity index (χ1) is 16.6. The highest BCUT2D eigenvalue weighted by molar-refractivity contribution is 5.99. The van der Waals surface area contributed by atoms with Crippen molar-refractivity contribution < 1.29 is 9.53 Å². The van der Waals surface area contributed by atoms with Crippen molar-refractivity contribution in [3.63, 3.8) is 0 Å². The van der Waals surface area contributed by atoms with Crippen molar-refractivity contribution in [2.24, 2.45) is 5.92 Å². The zero-order valence-corrected chi connectivity index (χ0v) is 19.5. The van der Waals surface area contributed by atoms with Gasteiger partial charge in [-0.25, -0.2) is 15.0 Å². The zero-order chi connectivity index (χ0) is 23.5. The number of pyridine rings is 3. The SMILES string of the molecule is CNc1ncc(C#Cc2ccc(C(C)N3CCOCC3)cn2)c2cc(NC(=O)C3CC3)ncc12. The molecule has 1 amide bonds. The molecule has 1 aliphatic carbocycles. The van der Waals surface area contributed by atoms with Crippen LogP contribution in [-0.2, 0) is 9.53 Å². The fraction of sp³-hybridized carbons (Fsp3) is 0.385. The minimum absolute atomic E-state index is 0.0259. The number of rotatable bonds is 5. The minimum Gasteiger partial charge on any atom is -0.379 e. The summed E-state index contributed by atoms with van der Waals surface area (Å²) in [5.41, 5.74) is 2.62. The summed E-state index contributed by atoms with van der Waals surface area (Å²) in [4.78, 5) is 28.0. The maximum atomic E-state index is 12.2. The van der Waals surface area contributed by atoms with Gasteiger partial charge in [0.2, 0.25) is 5.91 Å². The van der Waals surface area contributed by atoms with Gasteiger partial charge >= 0.3 is 0 Å². The molecule has 8 nitrogen and oxygen atoms in total. The van der Waals surface area contributed by atoms with Crippen molar-refractivity contribution >= 4 is 28.3 Å². The molecule has 0 aromatic carbocycles. The standard InChI is InChI=1S/C26H28N6O2/c1-17(32-9-11-34-12-10-32)19-5-7-21(28-14-19)8-6-20-15-30-25(27-2)23-16-29-24(13-22(20)23)31-26(33)18-3-4-18/h5,7,13-18H,3-4,9-12H2,1-2H3,(H,27,30)(H,29,31,33). The van der Waals surface area contributed by atoms with Crippen LogP contribution in [0.2, 0.25) is 0 Å². The number of hydrogen-bond acceptors (Lipinski definition) is 7. The summed E-state index contributed by atoms with van der Waals surface area (Å²) < 4.78 is 5.45. The summed E-state index contributed by atoms with van der Waals surface area (Å²) in [6, 6.07) is 6.20. The van der Waals surface area contributed by atoms with Crippen LogP contribution < -0.4 is 10.6 Å². The summed E-state index contributed by atoms with van der Waals surface area (Å²) in [5.74, 6) is 7.76. The molecule has 0 bridgehead atoms. The molecule has 2 aliphatic rings. The van der Waals surface area contributed by atoms with Crippen molar-refractivity contribution in [2.75, 3.05) is 44.0 Å². The number of morpholine rings is 1. The number of amides is 1. The van der Waals surface area contributed by atoms with Gasteiger partial charge in [0.25, 0.3) is 0 Å². The van der Waals surface area contributed by atoms with E-state index in [-0.39, 0.29) is 17.9 Å². The van der Waals surface area contributed by atoms with E-state index in [1.54, 1.807) is 12.4 Å². The number of fused-ring (bicyclic) bond motifs is 1. The van der Waals surface area contributed by atoms with E-state index in [1.165, 1.54) is 5.56 Å². The molecule has 1 aliphatic heterocycles. The molecule has 1 saturated carbocycles. The van der Waals surface area contributed by atoms with Gasteiger partial charge in [-0.05, 0) is 43.4 Å². The van der Waals surface area contributed by atoms with Crippen LogP contribution in [0, 0.1) is 17.8 Å². The first-order valence-electron chi connectivity index (χ1n) is 11.7. The molecule has 1 unspecified atom stereocenters. The summed E-state index contributed by atoms with van der Waals surface area (Å²) in [5, 5.41) is 7.74. The highest BCUT2D eigenvalue weighted by Crippen LogP contribution is 2.31. The number of hydrogen-bond donors (Lipinski definition) is 2. The molecule has 174 valence electrons. The molecule has 5 rings (SSSR count). The Labute approximate surface area is 199 Å². The quantitative estimate of drug-likeness (QED) is 0.570. The third-order valence-electron chi connectivity index (χ3n) is 6.40. The van der Waals surface area contributed by atoms with Gasteiger partial charge in [-0.15, -0.1) is 0 Å². The van der Waals surface area contributed by atoms with Crippen LogP contribution in [0.1, 0.15) is 42.6 Å². The second-order valence-electron chi connectivity index (χ2n) is 8.70. The highest BCUT2D eigenvalue weighted by Gasteiger charge is 2.29. The zero-order valence-electron chi connectivity index (χ0n) is 19.5. The Morgan fingerprint density at radius 2 is 1.91 bits per heavy atom. The van der Waals surface area contributed by atoms with Crippen LogP contribution in [-0.4, -0.2) is 59.1 Å². The highest BCUT2D eigenvalue weighted by atomic mass is 16.5. The fourth-order valence-corrected chi connectivity index (χ4v) is 4.11. The van der Waals surface area contributed by atoms with Gasteiger partial charge in [0.05, 0.1) is 18.8 Å². The number of nitrogens with zero attached hydrogens (tertiary/aromatic N) is 4. The first-order valence-corrected chi connectivity index (χ1v) is 11.7. The predicted octanol–water partition coefficient (Wildman–Crippen LogP) is 3.21. The van der Waals surface area contributed by atoms with Crippen LogP contribution in [0.4, 0.5) is 11.6 Å². The number of ether oxygens (including phenoxy) is 1. The molecule has 8 heteroatoms. The predicted molar refractivity (Wildman–Crippen MR) is 131 cm³/mol. The molecule has 1 saturated heterocycles. The maximum Gasteiger partial charge on any atom is 0.228 e. The van der Waals surface area contributed by atoms with Gasteiger partial charge in [0, 0.05) is 61.5 Å². The van der Waals surface area contributed by atoms with Gasteiger partial charge in [0.1, 0.15) is 17.3 Å². The lowest BCUT2D eigenvalue weighted by Crippen LogP contribution is -2.38. The van der Waals surface area contributed by atoms with E-state index in [9.17, 15) is 4.79 Å². The van der Waals surface area contributed by atoms with Gasteiger partial charge in [0.15, 0.2) is 0 Å². The van der Waals surface area contributed by atoms with Gasteiger partial charge in [-0.1, -0.05) is 12.0 Å². The topological polar surface area (TPSA) is 92.3 Å². The third-order valence-corrected chi connectivity index (χ3v) is 6.40. The molecule has 3 aromatic heterocycles. The van der Waals surface area contributed by atoms with Gasteiger partial charge < -0.3 is 15.4 Å². The van der Waals surface area contributed by atoms with Gasteiger partial charge in [-0.2, -0.15) is 0 Å². The number of carbonyl (C=O) groups is 1. The normalized spacial score (nSPS) is 17.0. The van der Waals surface area contributed by atoms with Crippen molar-refractivity contribution in [1.29, 1.82) is 0 Å². The Kier molecular flexibility index (Phi) is 6.39. The van der Waals surface area contributed by atoms with Crippen molar-refractivity contribution in [2.45, 2.75) is 25.8 Å². The van der Waals surface area contributed by atoms with Crippen molar-refractivity contribution in [1.82, 2.24) is 19.9 Å². The van der Waals surface area contributed by atoms with E-state index in [2.05, 4.69) is 55.3 Å². The molecular weight excluding hydrogens is 428 g/mol. The Bertz CT molecular complexity index is 1250. The number of anilines is 2. The second-order valence-corrected chi connectivity index (χ2v) is 8.70. The Morgan fingerprint density at radius 3 is 2.62 bits per heavy atom. The molecule has 4 heterocycles. The van der Waals surface area contributed by atoms with Crippen LogP contribution in [0.15, 0.2) is 36.8 Å². The van der Waals surface area contributed by atoms with E-state index in [0.717, 1.165) is 55.5 Å². The molecule has 3 aromatic rings. The van der Waals surface area contributed by atoms with Crippen LogP contribution in [0.5, 0.6) is 0 Å². The van der Waals surface area contributed by atoms with E-state index < -0.39 is 0 Å². The first kappa shape index (κ1) is 22.3. The maximum absolute atomic E-state index is 12.2. The number of nitrogens with one attached hydrogen (secondary N) is 2. The Balaban J connectivity index is 1.39. The summed E-state index contributed by atoms with van der Waals surface area (Å²) in [6.45, 7) is 5.61. The third kappa shape index (κ3) is 4.86. The lowest BCUT2D eigenvalue weighted by molar-refractivity contribution is -0.117. The molecule has 2 fully saturated rings. The summed E-state index contributed by atoms with van der Waals surface area (Å²) in [7, 11) is 1.82. The summed E-state index contributed by atoms with van der Waals surface area (Å²) in [6.07, 6.45) is 7.26. The number of carbonyl (C=O) groups excluding carboxylic acids is 1. The van der Waals surface area contributed by atoms with Crippen LogP contribution >= 0.6 is 0 Å². The number of aromatic nitrogens is 3. The average molecular weight is 457 g/mol. The smallest absolute Gasteiger partial charge is 0.228 e. The van der Waals surface area contributed by atoms with E-state index >= 15 is 0 Å². The molecule has 34 heavy (non-hydrogen) atoms. The molecule has 0 spiro atoms. The van der Waals surface area contributed by atoms with Crippen LogP contribution in [0.3, 0.4) is 0 Å². The molecule has 1 atom stereocenters. The minimum atomic E-state index is 0.0259. The van der Waals surface area contributed by atoms with Crippen molar-refractivity contribution in [3.05, 3.63) is 53.6 Å². The average Bonchev–Trinajstić information content (AvgIpc) is 3.73. The lowest BCUT2D eigenvalue weighted by Gasteiger charge is -2.32. The fourth-order valence-electron chi connectivity index (χ4n) is 4.11. The van der Waals surface area contributed by atoms with Gasteiger partial charge in [-0.3, -0.25) is 9.69 Å². The molecule has 0 radical (unpaired) electrons. The monoisotopic (exact) mass is 456 g/mol. The Hall–Kier alpha value is -3.54. The largest absolute Gasteiger partial charge is 0.379 e. The van der Waals surface area contributed by atoms with Crippen LogP contribution in [0.25, 0.3) is 10.8 Å². The van der Waals surface area contributed by atoms with E-state index in [0.29, 0.717) is 17.3 Å². The van der Waals surface area contributed by atoms with E-state index in [1.807, 2.05) is 25.4 Å². The molecule has 2 N–H and O–H groups in total.